The lowest BCUT2D eigenvalue weighted by molar-refractivity contribution is 0.900. The van der Waals surface area contributed by atoms with E-state index in [2.05, 4.69) is 9.97 Å². The lowest BCUT2D eigenvalue weighted by atomic mass is 10.2. The van der Waals surface area contributed by atoms with Gasteiger partial charge in [-0.25, -0.2) is 9.97 Å². The third-order valence-corrected chi connectivity index (χ3v) is 3.68. The van der Waals surface area contributed by atoms with Crippen LogP contribution in [-0.4, -0.2) is 9.97 Å². The van der Waals surface area contributed by atoms with Crippen LogP contribution in [-0.2, 0) is 12.8 Å². The maximum absolute atomic E-state index is 6.16. The topological polar surface area (TPSA) is 51.8 Å². The minimum atomic E-state index is 0.542. The number of aryl methyl sites for hydroxylation is 1. The Morgan fingerprint density at radius 1 is 1.11 bits per heavy atom. The summed E-state index contributed by atoms with van der Waals surface area (Å²) in [6.45, 7) is 0. The first kappa shape index (κ1) is 11.8. The number of nitrogens with zero attached hydrogens (tertiary/aromatic N) is 2. The Bertz CT molecular complexity index is 626. The van der Waals surface area contributed by atoms with Crippen molar-refractivity contribution in [2.24, 2.45) is 0 Å². The van der Waals surface area contributed by atoms with Gasteiger partial charge in [0.1, 0.15) is 5.82 Å². The van der Waals surface area contributed by atoms with Crippen molar-refractivity contribution in [3.8, 4) is 11.4 Å². The van der Waals surface area contributed by atoms with Crippen LogP contribution in [0.5, 0.6) is 0 Å². The number of hydrogen-bond acceptors (Lipinski definition) is 3. The molecule has 0 spiro atoms. The number of hydrogen-bond donors (Lipinski definition) is 1. The monoisotopic (exact) mass is 279 g/mol. The first-order valence-electron chi connectivity index (χ1n) is 5.76. The molecular formula is C13H11Cl2N3. The Balaban J connectivity index is 2.15. The average molecular weight is 280 g/mol. The lowest BCUT2D eigenvalue weighted by Gasteiger charge is -2.08. The summed E-state index contributed by atoms with van der Waals surface area (Å²) in [6, 6.07) is 5.28. The first-order chi connectivity index (χ1) is 8.65. The van der Waals surface area contributed by atoms with Crippen LogP contribution < -0.4 is 5.73 Å². The van der Waals surface area contributed by atoms with Crippen LogP contribution in [0.3, 0.4) is 0 Å². The second kappa shape index (κ2) is 4.41. The van der Waals surface area contributed by atoms with Gasteiger partial charge in [-0.05, 0) is 37.5 Å². The van der Waals surface area contributed by atoms with Gasteiger partial charge < -0.3 is 5.73 Å². The number of fused-ring (bicyclic) bond motifs is 1. The van der Waals surface area contributed by atoms with Gasteiger partial charge in [-0.15, -0.1) is 0 Å². The van der Waals surface area contributed by atoms with Gasteiger partial charge in [-0.3, -0.25) is 0 Å². The SMILES string of the molecule is Nc1nc(-c2ccc(Cl)cc2Cl)nc2c1CCC2. The zero-order chi connectivity index (χ0) is 12.7. The fourth-order valence-electron chi connectivity index (χ4n) is 2.25. The maximum atomic E-state index is 6.16. The Labute approximate surface area is 115 Å². The molecule has 0 bridgehead atoms. The molecule has 0 atom stereocenters. The van der Waals surface area contributed by atoms with Crippen molar-refractivity contribution < 1.29 is 0 Å². The van der Waals surface area contributed by atoms with Gasteiger partial charge in [0.05, 0.1) is 5.02 Å². The van der Waals surface area contributed by atoms with Gasteiger partial charge in [0.15, 0.2) is 5.82 Å². The number of anilines is 1. The minimum Gasteiger partial charge on any atom is -0.383 e. The normalized spacial score (nSPS) is 13.7. The van der Waals surface area contributed by atoms with E-state index in [1.54, 1.807) is 12.1 Å². The van der Waals surface area contributed by atoms with Crippen molar-refractivity contribution in [2.75, 3.05) is 5.73 Å². The number of rotatable bonds is 1. The summed E-state index contributed by atoms with van der Waals surface area (Å²) in [4.78, 5) is 8.90. The number of halogens is 2. The van der Waals surface area contributed by atoms with E-state index in [1.807, 2.05) is 6.07 Å². The fraction of sp³-hybridized carbons (Fsp3) is 0.231. The predicted molar refractivity (Wildman–Crippen MR) is 73.9 cm³/mol. The maximum Gasteiger partial charge on any atom is 0.163 e. The summed E-state index contributed by atoms with van der Waals surface area (Å²) >= 11 is 12.0. The molecule has 0 aliphatic heterocycles. The molecule has 0 unspecified atom stereocenters. The molecule has 18 heavy (non-hydrogen) atoms. The van der Waals surface area contributed by atoms with Crippen LogP contribution in [0.15, 0.2) is 18.2 Å². The number of benzene rings is 1. The smallest absolute Gasteiger partial charge is 0.163 e. The predicted octanol–water partition coefficient (Wildman–Crippen LogP) is 3.52. The van der Waals surface area contributed by atoms with Crippen LogP contribution in [0.4, 0.5) is 5.82 Å². The molecule has 0 fully saturated rings. The van der Waals surface area contributed by atoms with Crippen molar-refractivity contribution in [1.82, 2.24) is 9.97 Å². The van der Waals surface area contributed by atoms with E-state index in [0.29, 0.717) is 21.7 Å². The summed E-state index contributed by atoms with van der Waals surface area (Å²) in [5.41, 5.74) is 8.87. The molecule has 1 aromatic carbocycles. The Hall–Kier alpha value is -1.32. The summed E-state index contributed by atoms with van der Waals surface area (Å²) in [7, 11) is 0. The molecule has 1 heterocycles. The highest BCUT2D eigenvalue weighted by molar-refractivity contribution is 6.36. The Morgan fingerprint density at radius 3 is 2.72 bits per heavy atom. The van der Waals surface area contributed by atoms with Gasteiger partial charge in [-0.2, -0.15) is 0 Å². The van der Waals surface area contributed by atoms with Crippen molar-refractivity contribution >= 4 is 29.0 Å². The molecule has 1 aliphatic rings. The molecule has 0 radical (unpaired) electrons. The second-order valence-corrected chi connectivity index (χ2v) is 5.18. The van der Waals surface area contributed by atoms with E-state index >= 15 is 0 Å². The lowest BCUT2D eigenvalue weighted by Crippen LogP contribution is -2.03. The van der Waals surface area contributed by atoms with Gasteiger partial charge in [0.25, 0.3) is 0 Å². The van der Waals surface area contributed by atoms with Crippen LogP contribution >= 0.6 is 23.2 Å². The Kier molecular flexibility index (Phi) is 2.88. The minimum absolute atomic E-state index is 0.542. The summed E-state index contributed by atoms with van der Waals surface area (Å²) in [5, 5.41) is 1.14. The number of aromatic nitrogens is 2. The van der Waals surface area contributed by atoms with E-state index in [4.69, 9.17) is 28.9 Å². The zero-order valence-corrected chi connectivity index (χ0v) is 11.1. The zero-order valence-electron chi connectivity index (χ0n) is 9.58. The number of nitrogens with two attached hydrogens (primary N) is 1. The van der Waals surface area contributed by atoms with E-state index in [0.717, 1.165) is 36.1 Å². The van der Waals surface area contributed by atoms with Crippen LogP contribution in [0.25, 0.3) is 11.4 Å². The molecule has 2 N–H and O–H groups in total. The summed E-state index contributed by atoms with van der Waals surface area (Å²) in [6.07, 6.45) is 3.02. The molecule has 92 valence electrons. The fourth-order valence-corrected chi connectivity index (χ4v) is 2.75. The highest BCUT2D eigenvalue weighted by atomic mass is 35.5. The molecule has 1 aliphatic carbocycles. The van der Waals surface area contributed by atoms with E-state index in [9.17, 15) is 0 Å². The second-order valence-electron chi connectivity index (χ2n) is 4.34. The summed E-state index contributed by atoms with van der Waals surface area (Å²) in [5.74, 6) is 1.15. The molecule has 0 saturated carbocycles. The number of nitrogen functional groups attached to an aromatic ring is 1. The van der Waals surface area contributed by atoms with Crippen LogP contribution in [0, 0.1) is 0 Å². The molecule has 5 heteroatoms. The molecule has 3 rings (SSSR count). The molecule has 0 saturated heterocycles. The molecule has 2 aromatic rings. The summed E-state index contributed by atoms with van der Waals surface area (Å²) < 4.78 is 0. The largest absolute Gasteiger partial charge is 0.383 e. The van der Waals surface area contributed by atoms with Crippen LogP contribution in [0.2, 0.25) is 10.0 Å². The first-order valence-corrected chi connectivity index (χ1v) is 6.51. The highest BCUT2D eigenvalue weighted by Gasteiger charge is 2.19. The van der Waals surface area contributed by atoms with Gasteiger partial charge in [0, 0.05) is 21.8 Å². The van der Waals surface area contributed by atoms with Crippen molar-refractivity contribution in [2.45, 2.75) is 19.3 Å². The highest BCUT2D eigenvalue weighted by Crippen LogP contribution is 2.31. The van der Waals surface area contributed by atoms with Crippen LogP contribution in [0.1, 0.15) is 17.7 Å². The van der Waals surface area contributed by atoms with E-state index in [1.165, 1.54) is 0 Å². The van der Waals surface area contributed by atoms with Crippen molar-refractivity contribution in [3.63, 3.8) is 0 Å². The molecule has 0 amide bonds. The molecular weight excluding hydrogens is 269 g/mol. The third-order valence-electron chi connectivity index (χ3n) is 3.14. The quantitative estimate of drug-likeness (QED) is 0.869. The molecule has 1 aromatic heterocycles. The molecule has 3 nitrogen and oxygen atoms in total. The van der Waals surface area contributed by atoms with E-state index in [-0.39, 0.29) is 0 Å². The Morgan fingerprint density at radius 2 is 1.94 bits per heavy atom. The third kappa shape index (κ3) is 1.93. The average Bonchev–Trinajstić information content (AvgIpc) is 2.77. The van der Waals surface area contributed by atoms with Crippen molar-refractivity contribution in [3.05, 3.63) is 39.5 Å². The van der Waals surface area contributed by atoms with E-state index < -0.39 is 0 Å². The standard InChI is InChI=1S/C13H11Cl2N3/c14-7-4-5-8(10(15)6-7)13-17-11-3-1-2-9(11)12(16)18-13/h4-6H,1-3H2,(H2,16,17,18). The van der Waals surface area contributed by atoms with Crippen molar-refractivity contribution in [1.29, 1.82) is 0 Å². The van der Waals surface area contributed by atoms with Gasteiger partial charge in [-0.1, -0.05) is 23.2 Å². The van der Waals surface area contributed by atoms with Gasteiger partial charge >= 0.3 is 0 Å². The van der Waals surface area contributed by atoms with Gasteiger partial charge in [0.2, 0.25) is 0 Å².